The Balaban J connectivity index is 2.00. The van der Waals surface area contributed by atoms with Crippen molar-refractivity contribution in [1.29, 1.82) is 0 Å². The van der Waals surface area contributed by atoms with Crippen LogP contribution in [0.2, 0.25) is 0 Å². The predicted molar refractivity (Wildman–Crippen MR) is 120 cm³/mol. The van der Waals surface area contributed by atoms with Crippen LogP contribution in [0.25, 0.3) is 21.9 Å². The van der Waals surface area contributed by atoms with Gasteiger partial charge in [0.25, 0.3) is 5.56 Å². The molecule has 0 radical (unpaired) electrons. The molecule has 1 heterocycles. The van der Waals surface area contributed by atoms with Gasteiger partial charge in [-0.2, -0.15) is 0 Å². The number of fused-ring (bicyclic) bond motifs is 1. The third-order valence-corrected chi connectivity index (χ3v) is 5.18. The van der Waals surface area contributed by atoms with Crippen molar-refractivity contribution < 1.29 is 18.3 Å². The van der Waals surface area contributed by atoms with Gasteiger partial charge in [0.2, 0.25) is 0 Å². The van der Waals surface area contributed by atoms with Crippen molar-refractivity contribution in [2.45, 2.75) is 6.42 Å². The summed E-state index contributed by atoms with van der Waals surface area (Å²) < 4.78 is 35.0. The van der Waals surface area contributed by atoms with E-state index in [2.05, 4.69) is 6.58 Å². The van der Waals surface area contributed by atoms with Crippen LogP contribution in [0.5, 0.6) is 11.5 Å². The van der Waals surface area contributed by atoms with Crippen molar-refractivity contribution in [3.8, 4) is 22.6 Å². The predicted octanol–water partition coefficient (Wildman–Crippen LogP) is 5.57. The summed E-state index contributed by atoms with van der Waals surface area (Å²) in [5.41, 5.74) is 1.64. The Kier molecular flexibility index (Phi) is 5.69. The normalized spacial score (nSPS) is 10.8. The van der Waals surface area contributed by atoms with Crippen LogP contribution in [0, 0.1) is 11.6 Å². The second kappa shape index (κ2) is 8.59. The molecule has 0 amide bonds. The molecule has 0 N–H and O–H groups in total. The van der Waals surface area contributed by atoms with E-state index in [0.29, 0.717) is 27.5 Å². The molecule has 0 spiro atoms. The molecule has 1 aromatic heterocycles. The number of ketones is 1. The van der Waals surface area contributed by atoms with Crippen LogP contribution < -0.4 is 10.3 Å². The zero-order valence-electron chi connectivity index (χ0n) is 17.3. The highest BCUT2D eigenvalue weighted by Crippen LogP contribution is 2.40. The SMILES string of the molecule is C=CC(=O)Cc1cccc(Oc2ccc(F)cc2F)c1-c1cn(C)c(=O)c2ccccc12. The zero-order valence-corrected chi connectivity index (χ0v) is 17.3. The van der Waals surface area contributed by atoms with Gasteiger partial charge in [0.15, 0.2) is 17.3 Å². The maximum Gasteiger partial charge on any atom is 0.258 e. The Morgan fingerprint density at radius 3 is 2.50 bits per heavy atom. The van der Waals surface area contributed by atoms with Crippen molar-refractivity contribution >= 4 is 16.6 Å². The lowest BCUT2D eigenvalue weighted by Gasteiger charge is -2.18. The van der Waals surface area contributed by atoms with Crippen molar-refractivity contribution in [3.05, 3.63) is 107 Å². The topological polar surface area (TPSA) is 48.3 Å². The van der Waals surface area contributed by atoms with Gasteiger partial charge in [-0.15, -0.1) is 0 Å². The van der Waals surface area contributed by atoms with Gasteiger partial charge in [0, 0.05) is 42.2 Å². The van der Waals surface area contributed by atoms with Crippen LogP contribution >= 0.6 is 0 Å². The first kappa shape index (κ1) is 21.2. The summed E-state index contributed by atoms with van der Waals surface area (Å²) in [7, 11) is 1.63. The quantitative estimate of drug-likeness (QED) is 0.375. The summed E-state index contributed by atoms with van der Waals surface area (Å²) in [6.07, 6.45) is 2.94. The number of hydrogen-bond acceptors (Lipinski definition) is 3. The first-order valence-corrected chi connectivity index (χ1v) is 9.88. The fourth-order valence-corrected chi connectivity index (χ4v) is 3.67. The Labute approximate surface area is 183 Å². The van der Waals surface area contributed by atoms with E-state index >= 15 is 0 Å². The molecule has 0 aliphatic heterocycles. The summed E-state index contributed by atoms with van der Waals surface area (Å²) in [4.78, 5) is 24.8. The minimum Gasteiger partial charge on any atom is -0.454 e. The van der Waals surface area contributed by atoms with E-state index in [-0.39, 0.29) is 29.3 Å². The molecule has 3 aromatic carbocycles. The summed E-state index contributed by atoms with van der Waals surface area (Å²) in [6, 6.07) is 15.2. The van der Waals surface area contributed by atoms with E-state index in [1.54, 1.807) is 49.6 Å². The van der Waals surface area contributed by atoms with E-state index in [9.17, 15) is 18.4 Å². The summed E-state index contributed by atoms with van der Waals surface area (Å²) in [6.45, 7) is 3.53. The molecule has 0 saturated carbocycles. The maximum absolute atomic E-state index is 14.3. The molecule has 4 aromatic rings. The molecule has 4 nitrogen and oxygen atoms in total. The summed E-state index contributed by atoms with van der Waals surface area (Å²) in [5.74, 6) is -1.66. The third kappa shape index (κ3) is 3.95. The van der Waals surface area contributed by atoms with Gasteiger partial charge < -0.3 is 9.30 Å². The lowest BCUT2D eigenvalue weighted by molar-refractivity contribution is -0.114. The van der Waals surface area contributed by atoms with E-state index in [0.717, 1.165) is 12.1 Å². The molecule has 32 heavy (non-hydrogen) atoms. The number of pyridine rings is 1. The van der Waals surface area contributed by atoms with Crippen LogP contribution in [0.15, 0.2) is 84.3 Å². The van der Waals surface area contributed by atoms with Crippen LogP contribution in [-0.2, 0) is 18.3 Å². The maximum atomic E-state index is 14.3. The average molecular weight is 431 g/mol. The molecule has 0 aliphatic carbocycles. The van der Waals surface area contributed by atoms with Gasteiger partial charge in [-0.05, 0) is 41.3 Å². The van der Waals surface area contributed by atoms with Crippen molar-refractivity contribution in [3.63, 3.8) is 0 Å². The Bertz CT molecular complexity index is 1420. The van der Waals surface area contributed by atoms with E-state index in [1.165, 1.54) is 16.7 Å². The molecule has 0 aliphatic rings. The number of hydrogen-bond donors (Lipinski definition) is 0. The Morgan fingerprint density at radius 2 is 1.78 bits per heavy atom. The molecule has 0 fully saturated rings. The molecule has 160 valence electrons. The Hall–Kier alpha value is -4.06. The number of carbonyl (C=O) groups excluding carboxylic acids is 1. The fraction of sp³-hybridized carbons (Fsp3) is 0.0769. The van der Waals surface area contributed by atoms with Crippen LogP contribution in [-0.4, -0.2) is 10.4 Å². The number of nitrogens with zero attached hydrogens (tertiary/aromatic N) is 1. The minimum atomic E-state index is -0.853. The van der Waals surface area contributed by atoms with Gasteiger partial charge in [-0.1, -0.05) is 36.9 Å². The molecule has 0 unspecified atom stereocenters. The van der Waals surface area contributed by atoms with Gasteiger partial charge in [0.1, 0.15) is 11.6 Å². The van der Waals surface area contributed by atoms with E-state index in [4.69, 9.17) is 4.74 Å². The lowest BCUT2D eigenvalue weighted by Crippen LogP contribution is -2.17. The van der Waals surface area contributed by atoms with Gasteiger partial charge in [-0.25, -0.2) is 8.78 Å². The van der Waals surface area contributed by atoms with E-state index < -0.39 is 11.6 Å². The van der Waals surface area contributed by atoms with Gasteiger partial charge >= 0.3 is 0 Å². The van der Waals surface area contributed by atoms with Crippen molar-refractivity contribution in [1.82, 2.24) is 4.57 Å². The molecule has 4 rings (SSSR count). The van der Waals surface area contributed by atoms with E-state index in [1.807, 2.05) is 6.07 Å². The third-order valence-electron chi connectivity index (χ3n) is 5.18. The number of halogens is 2. The summed E-state index contributed by atoms with van der Waals surface area (Å²) in [5, 5.41) is 1.16. The number of aryl methyl sites for hydroxylation is 1. The largest absolute Gasteiger partial charge is 0.454 e. The highest BCUT2D eigenvalue weighted by atomic mass is 19.1. The lowest BCUT2D eigenvalue weighted by atomic mass is 9.93. The molecule has 6 heteroatoms. The molecular formula is C26H19F2NO3. The number of allylic oxidation sites excluding steroid dienone is 1. The number of aromatic nitrogens is 1. The fourth-order valence-electron chi connectivity index (χ4n) is 3.67. The highest BCUT2D eigenvalue weighted by Gasteiger charge is 2.19. The second-order valence-corrected chi connectivity index (χ2v) is 7.32. The smallest absolute Gasteiger partial charge is 0.258 e. The minimum absolute atomic E-state index is 0.0408. The number of rotatable bonds is 6. The van der Waals surface area contributed by atoms with Gasteiger partial charge in [-0.3, -0.25) is 9.59 Å². The monoisotopic (exact) mass is 431 g/mol. The number of benzene rings is 3. The highest BCUT2D eigenvalue weighted by molar-refractivity contribution is 6.00. The van der Waals surface area contributed by atoms with Crippen LogP contribution in [0.3, 0.4) is 0 Å². The first-order chi connectivity index (χ1) is 15.4. The summed E-state index contributed by atoms with van der Waals surface area (Å²) >= 11 is 0. The van der Waals surface area contributed by atoms with Crippen molar-refractivity contribution in [2.24, 2.45) is 7.05 Å². The number of ether oxygens (including phenoxy) is 1. The molecule has 0 atom stereocenters. The Morgan fingerprint density at radius 1 is 1.03 bits per heavy atom. The average Bonchev–Trinajstić information content (AvgIpc) is 2.78. The zero-order chi connectivity index (χ0) is 22.8. The standard InChI is InChI=1S/C26H19F2NO3/c1-3-18(30)13-16-7-6-10-24(32-23-12-11-17(27)14-22(23)28)25(16)21-15-29(2)26(31)20-9-5-4-8-19(20)21/h3-12,14-15H,1,13H2,2H3. The molecule has 0 bridgehead atoms. The van der Waals surface area contributed by atoms with Crippen molar-refractivity contribution in [2.75, 3.05) is 0 Å². The van der Waals surface area contributed by atoms with Crippen LogP contribution in [0.1, 0.15) is 5.56 Å². The first-order valence-electron chi connectivity index (χ1n) is 9.88. The second-order valence-electron chi connectivity index (χ2n) is 7.32. The van der Waals surface area contributed by atoms with Crippen LogP contribution in [0.4, 0.5) is 8.78 Å². The number of carbonyl (C=O) groups is 1. The van der Waals surface area contributed by atoms with Gasteiger partial charge in [0.05, 0.1) is 0 Å². The molecule has 0 saturated heterocycles. The molecular weight excluding hydrogens is 412 g/mol.